The lowest BCUT2D eigenvalue weighted by molar-refractivity contribution is 0.447. The van der Waals surface area contributed by atoms with Gasteiger partial charge in [0.25, 0.3) is 0 Å². The molecule has 1 heterocycles. The van der Waals surface area contributed by atoms with E-state index in [1.54, 1.807) is 6.07 Å². The maximum atomic E-state index is 10.2. The molecule has 0 saturated carbocycles. The van der Waals surface area contributed by atoms with E-state index in [-0.39, 0.29) is 5.41 Å². The molecule has 0 saturated heterocycles. The van der Waals surface area contributed by atoms with E-state index in [1.165, 1.54) is 0 Å². The SMILES string of the molecule is CC(C)(C)c1ccc(-c2nc3ccccc3[nH]2)cc1O. The monoisotopic (exact) mass is 266 g/mol. The average molecular weight is 266 g/mol. The molecular formula is C17H18N2O. The number of hydrogen-bond donors (Lipinski definition) is 2. The molecule has 0 spiro atoms. The predicted molar refractivity (Wildman–Crippen MR) is 81.9 cm³/mol. The minimum Gasteiger partial charge on any atom is -0.508 e. The van der Waals surface area contributed by atoms with E-state index in [9.17, 15) is 5.11 Å². The maximum absolute atomic E-state index is 10.2. The number of H-pyrrole nitrogens is 1. The van der Waals surface area contributed by atoms with Crippen molar-refractivity contribution in [3.8, 4) is 17.1 Å². The lowest BCUT2D eigenvalue weighted by Gasteiger charge is -2.20. The summed E-state index contributed by atoms with van der Waals surface area (Å²) < 4.78 is 0. The molecule has 0 fully saturated rings. The number of aromatic amines is 1. The number of para-hydroxylation sites is 2. The summed E-state index contributed by atoms with van der Waals surface area (Å²) in [4.78, 5) is 7.82. The van der Waals surface area contributed by atoms with Crippen molar-refractivity contribution in [3.63, 3.8) is 0 Å². The first kappa shape index (κ1) is 12.7. The fourth-order valence-corrected chi connectivity index (χ4v) is 2.40. The molecule has 0 radical (unpaired) electrons. The lowest BCUT2D eigenvalue weighted by Crippen LogP contribution is -2.11. The Kier molecular flexibility index (Phi) is 2.78. The van der Waals surface area contributed by atoms with Gasteiger partial charge in [-0.1, -0.05) is 45.0 Å². The summed E-state index contributed by atoms with van der Waals surface area (Å²) in [7, 11) is 0. The predicted octanol–water partition coefficient (Wildman–Crippen LogP) is 4.23. The van der Waals surface area contributed by atoms with Crippen molar-refractivity contribution >= 4 is 11.0 Å². The number of imidazole rings is 1. The number of fused-ring (bicyclic) bond motifs is 1. The Bertz CT molecular complexity index is 733. The van der Waals surface area contributed by atoms with Crippen molar-refractivity contribution in [2.75, 3.05) is 0 Å². The summed E-state index contributed by atoms with van der Waals surface area (Å²) in [5.74, 6) is 1.09. The van der Waals surface area contributed by atoms with Crippen molar-refractivity contribution in [2.45, 2.75) is 26.2 Å². The second-order valence-corrected chi connectivity index (χ2v) is 6.08. The van der Waals surface area contributed by atoms with Crippen LogP contribution in [-0.4, -0.2) is 15.1 Å². The van der Waals surface area contributed by atoms with Gasteiger partial charge in [-0.05, 0) is 29.2 Å². The van der Waals surface area contributed by atoms with Crippen LogP contribution in [0, 0.1) is 0 Å². The van der Waals surface area contributed by atoms with E-state index in [0.717, 1.165) is 28.0 Å². The van der Waals surface area contributed by atoms with Crippen LogP contribution in [0.2, 0.25) is 0 Å². The Morgan fingerprint density at radius 3 is 2.45 bits per heavy atom. The number of nitrogens with zero attached hydrogens (tertiary/aromatic N) is 1. The van der Waals surface area contributed by atoms with Crippen LogP contribution in [-0.2, 0) is 5.41 Å². The third-order valence-corrected chi connectivity index (χ3v) is 3.47. The quantitative estimate of drug-likeness (QED) is 0.692. The number of benzene rings is 2. The van der Waals surface area contributed by atoms with Gasteiger partial charge in [-0.25, -0.2) is 4.98 Å². The Morgan fingerprint density at radius 1 is 1.05 bits per heavy atom. The molecule has 3 nitrogen and oxygen atoms in total. The van der Waals surface area contributed by atoms with Gasteiger partial charge in [-0.3, -0.25) is 0 Å². The van der Waals surface area contributed by atoms with Gasteiger partial charge in [-0.2, -0.15) is 0 Å². The van der Waals surface area contributed by atoms with Gasteiger partial charge in [0.1, 0.15) is 11.6 Å². The number of aromatic nitrogens is 2. The fourth-order valence-electron chi connectivity index (χ4n) is 2.40. The summed E-state index contributed by atoms with van der Waals surface area (Å²) in [6.45, 7) is 6.26. The zero-order valence-corrected chi connectivity index (χ0v) is 11.9. The van der Waals surface area contributed by atoms with Crippen LogP contribution in [0.25, 0.3) is 22.4 Å². The Morgan fingerprint density at radius 2 is 1.80 bits per heavy atom. The largest absolute Gasteiger partial charge is 0.508 e. The average Bonchev–Trinajstić information content (AvgIpc) is 2.80. The molecular weight excluding hydrogens is 248 g/mol. The van der Waals surface area contributed by atoms with E-state index < -0.39 is 0 Å². The molecule has 20 heavy (non-hydrogen) atoms. The molecule has 3 heteroatoms. The molecule has 0 amide bonds. The molecule has 2 N–H and O–H groups in total. The van der Waals surface area contributed by atoms with Crippen LogP contribution in [0.4, 0.5) is 0 Å². The summed E-state index contributed by atoms with van der Waals surface area (Å²) in [5, 5.41) is 10.2. The first-order chi connectivity index (χ1) is 9.45. The number of phenolic OH excluding ortho intramolecular Hbond substituents is 1. The van der Waals surface area contributed by atoms with E-state index in [2.05, 4.69) is 30.7 Å². The molecule has 1 aromatic heterocycles. The number of aromatic hydroxyl groups is 1. The third-order valence-electron chi connectivity index (χ3n) is 3.47. The van der Waals surface area contributed by atoms with E-state index in [4.69, 9.17) is 0 Å². The number of hydrogen-bond acceptors (Lipinski definition) is 2. The molecule has 0 atom stereocenters. The number of nitrogens with one attached hydrogen (secondary N) is 1. The lowest BCUT2D eigenvalue weighted by atomic mass is 9.86. The molecule has 0 aliphatic heterocycles. The van der Waals surface area contributed by atoms with Crippen molar-refractivity contribution in [1.29, 1.82) is 0 Å². The van der Waals surface area contributed by atoms with Crippen LogP contribution in [0.3, 0.4) is 0 Å². The second-order valence-electron chi connectivity index (χ2n) is 6.08. The van der Waals surface area contributed by atoms with E-state index >= 15 is 0 Å². The highest BCUT2D eigenvalue weighted by atomic mass is 16.3. The first-order valence-corrected chi connectivity index (χ1v) is 6.74. The summed E-state index contributed by atoms with van der Waals surface area (Å²) in [6.07, 6.45) is 0. The normalized spacial score (nSPS) is 11.9. The summed E-state index contributed by atoms with van der Waals surface area (Å²) in [5.41, 5.74) is 3.70. The van der Waals surface area contributed by atoms with Gasteiger partial charge in [0.05, 0.1) is 11.0 Å². The minimum absolute atomic E-state index is 0.0729. The van der Waals surface area contributed by atoms with Crippen LogP contribution in [0.5, 0.6) is 5.75 Å². The third kappa shape index (κ3) is 2.16. The van der Waals surface area contributed by atoms with Gasteiger partial charge < -0.3 is 10.1 Å². The standard InChI is InChI=1S/C17H18N2O/c1-17(2,3)12-9-8-11(10-15(12)20)16-18-13-6-4-5-7-14(13)19-16/h4-10,20H,1-3H3,(H,18,19). The fraction of sp³-hybridized carbons (Fsp3) is 0.235. The minimum atomic E-state index is -0.0729. The van der Waals surface area contributed by atoms with Gasteiger partial charge in [0.15, 0.2) is 0 Å². The highest BCUT2D eigenvalue weighted by molar-refractivity contribution is 5.79. The van der Waals surface area contributed by atoms with Crippen molar-refractivity contribution in [1.82, 2.24) is 9.97 Å². The van der Waals surface area contributed by atoms with Gasteiger partial charge in [0, 0.05) is 5.56 Å². The van der Waals surface area contributed by atoms with Crippen molar-refractivity contribution in [3.05, 3.63) is 48.0 Å². The Labute approximate surface area is 118 Å². The van der Waals surface area contributed by atoms with E-state index in [1.807, 2.05) is 36.4 Å². The highest BCUT2D eigenvalue weighted by Crippen LogP contribution is 2.33. The summed E-state index contributed by atoms with van der Waals surface area (Å²) >= 11 is 0. The van der Waals surface area contributed by atoms with Gasteiger partial charge in [0.2, 0.25) is 0 Å². The van der Waals surface area contributed by atoms with E-state index in [0.29, 0.717) is 5.75 Å². The molecule has 3 rings (SSSR count). The number of rotatable bonds is 1. The second kappa shape index (κ2) is 4.37. The van der Waals surface area contributed by atoms with Crippen LogP contribution in [0.1, 0.15) is 26.3 Å². The molecule has 102 valence electrons. The van der Waals surface area contributed by atoms with Gasteiger partial charge >= 0.3 is 0 Å². The van der Waals surface area contributed by atoms with Crippen LogP contribution < -0.4 is 0 Å². The van der Waals surface area contributed by atoms with Crippen molar-refractivity contribution < 1.29 is 5.11 Å². The van der Waals surface area contributed by atoms with Gasteiger partial charge in [-0.15, -0.1) is 0 Å². The van der Waals surface area contributed by atoms with Crippen LogP contribution >= 0.6 is 0 Å². The first-order valence-electron chi connectivity index (χ1n) is 6.74. The van der Waals surface area contributed by atoms with Crippen LogP contribution in [0.15, 0.2) is 42.5 Å². The Hall–Kier alpha value is -2.29. The maximum Gasteiger partial charge on any atom is 0.138 e. The zero-order chi connectivity index (χ0) is 14.3. The molecule has 2 aromatic carbocycles. The molecule has 0 aliphatic rings. The Balaban J connectivity index is 2.08. The molecule has 3 aromatic rings. The molecule has 0 bridgehead atoms. The van der Waals surface area contributed by atoms with Crippen molar-refractivity contribution in [2.24, 2.45) is 0 Å². The summed E-state index contributed by atoms with van der Waals surface area (Å²) in [6, 6.07) is 13.7. The molecule has 0 unspecified atom stereocenters. The topological polar surface area (TPSA) is 48.9 Å². The number of phenols is 1. The highest BCUT2D eigenvalue weighted by Gasteiger charge is 2.18. The molecule has 0 aliphatic carbocycles. The smallest absolute Gasteiger partial charge is 0.138 e. The zero-order valence-electron chi connectivity index (χ0n) is 11.9.